The number of nitrogens with zero attached hydrogens (tertiary/aromatic N) is 1. The SMILES string of the molecule is COCOc1cnc([C@@]2(F)[C@@H]([O])CC(C)(C)NC2(C)C)c(Br)c1. The zero-order valence-corrected chi connectivity index (χ0v) is 15.7. The van der Waals surface area contributed by atoms with Gasteiger partial charge in [-0.05, 0) is 56.1 Å². The number of halogens is 2. The summed E-state index contributed by atoms with van der Waals surface area (Å²) in [6, 6.07) is 1.60. The Labute approximate surface area is 144 Å². The molecule has 1 aromatic rings. The fourth-order valence-corrected chi connectivity index (χ4v) is 3.95. The van der Waals surface area contributed by atoms with E-state index in [0.717, 1.165) is 0 Å². The van der Waals surface area contributed by atoms with Gasteiger partial charge in [-0.2, -0.15) is 0 Å². The lowest BCUT2D eigenvalue weighted by Crippen LogP contribution is -2.70. The molecule has 1 aliphatic rings. The van der Waals surface area contributed by atoms with Crippen LogP contribution in [0.5, 0.6) is 5.75 Å². The zero-order chi connectivity index (χ0) is 17.5. The molecule has 0 spiro atoms. The van der Waals surface area contributed by atoms with Crippen molar-refractivity contribution < 1.29 is 19.0 Å². The third kappa shape index (κ3) is 3.38. The molecule has 1 fully saturated rings. The zero-order valence-electron chi connectivity index (χ0n) is 14.1. The maximum absolute atomic E-state index is 15.9. The van der Waals surface area contributed by atoms with Gasteiger partial charge < -0.3 is 14.8 Å². The van der Waals surface area contributed by atoms with E-state index in [1.54, 1.807) is 19.9 Å². The van der Waals surface area contributed by atoms with Gasteiger partial charge in [0, 0.05) is 17.1 Å². The summed E-state index contributed by atoms with van der Waals surface area (Å²) in [6.07, 6.45) is 0.148. The highest BCUT2D eigenvalue weighted by Crippen LogP contribution is 2.48. The molecule has 1 aliphatic heterocycles. The van der Waals surface area contributed by atoms with Gasteiger partial charge in [0.2, 0.25) is 0 Å². The highest BCUT2D eigenvalue weighted by atomic mass is 79.9. The Hall–Kier alpha value is -0.760. The molecule has 1 aromatic heterocycles. The average molecular weight is 390 g/mol. The van der Waals surface area contributed by atoms with E-state index in [1.807, 2.05) is 13.8 Å². The summed E-state index contributed by atoms with van der Waals surface area (Å²) in [5.74, 6) is 0.440. The first-order valence-corrected chi connectivity index (χ1v) is 8.24. The van der Waals surface area contributed by atoms with Crippen LogP contribution >= 0.6 is 15.9 Å². The van der Waals surface area contributed by atoms with Gasteiger partial charge in [-0.3, -0.25) is 4.98 Å². The topological polar surface area (TPSA) is 63.3 Å². The molecule has 0 saturated carbocycles. The van der Waals surface area contributed by atoms with Crippen molar-refractivity contribution in [2.24, 2.45) is 0 Å². The number of hydrogen-bond donors (Lipinski definition) is 1. The van der Waals surface area contributed by atoms with Crippen LogP contribution in [0.2, 0.25) is 0 Å². The van der Waals surface area contributed by atoms with E-state index < -0.39 is 22.9 Å². The molecule has 1 radical (unpaired) electrons. The highest BCUT2D eigenvalue weighted by molar-refractivity contribution is 9.10. The van der Waals surface area contributed by atoms with E-state index in [0.29, 0.717) is 10.2 Å². The number of piperidine rings is 1. The van der Waals surface area contributed by atoms with Gasteiger partial charge in [0.25, 0.3) is 0 Å². The van der Waals surface area contributed by atoms with E-state index in [4.69, 9.17) is 9.47 Å². The van der Waals surface area contributed by atoms with Gasteiger partial charge in [-0.1, -0.05) is 0 Å². The molecule has 0 amide bonds. The van der Waals surface area contributed by atoms with Gasteiger partial charge in [-0.25, -0.2) is 9.50 Å². The number of alkyl halides is 1. The number of methoxy groups -OCH3 is 1. The fraction of sp³-hybridized carbons (Fsp3) is 0.688. The summed E-state index contributed by atoms with van der Waals surface area (Å²) >= 11 is 3.33. The van der Waals surface area contributed by atoms with Crippen LogP contribution in [0.4, 0.5) is 4.39 Å². The van der Waals surface area contributed by atoms with Crippen LogP contribution in [0, 0.1) is 0 Å². The van der Waals surface area contributed by atoms with E-state index in [9.17, 15) is 5.11 Å². The molecule has 2 rings (SSSR count). The molecule has 0 bridgehead atoms. The number of aromatic nitrogens is 1. The van der Waals surface area contributed by atoms with Crippen LogP contribution in [0.3, 0.4) is 0 Å². The molecule has 129 valence electrons. The van der Waals surface area contributed by atoms with Crippen LogP contribution in [0.1, 0.15) is 39.8 Å². The van der Waals surface area contributed by atoms with Crippen LogP contribution in [-0.4, -0.2) is 36.1 Å². The van der Waals surface area contributed by atoms with Gasteiger partial charge in [-0.15, -0.1) is 0 Å². The molecule has 7 heteroatoms. The minimum atomic E-state index is -2.15. The molecule has 5 nitrogen and oxygen atoms in total. The van der Waals surface area contributed by atoms with Crippen molar-refractivity contribution in [2.45, 2.75) is 57.0 Å². The van der Waals surface area contributed by atoms with Crippen LogP contribution in [0.15, 0.2) is 16.7 Å². The average Bonchev–Trinajstić information content (AvgIpc) is 2.41. The number of rotatable bonds is 4. The second-order valence-corrected chi connectivity index (χ2v) is 7.95. The Morgan fingerprint density at radius 3 is 2.61 bits per heavy atom. The summed E-state index contributed by atoms with van der Waals surface area (Å²) in [6.45, 7) is 7.27. The Kier molecular flexibility index (Phi) is 5.07. The molecular formula is C16H23BrFN2O3. The predicted molar refractivity (Wildman–Crippen MR) is 87.6 cm³/mol. The first kappa shape index (κ1) is 18.6. The second kappa shape index (κ2) is 6.27. The summed E-state index contributed by atoms with van der Waals surface area (Å²) in [7, 11) is 1.51. The Balaban J connectivity index is 2.42. The Morgan fingerprint density at radius 2 is 2.09 bits per heavy atom. The lowest BCUT2D eigenvalue weighted by Gasteiger charge is -2.53. The van der Waals surface area contributed by atoms with Crippen molar-refractivity contribution >= 4 is 15.9 Å². The molecule has 2 atom stereocenters. The quantitative estimate of drug-likeness (QED) is 0.802. The summed E-state index contributed by atoms with van der Waals surface area (Å²) in [5, 5.41) is 16.0. The molecule has 2 heterocycles. The third-order valence-corrected chi connectivity index (χ3v) is 4.81. The minimum absolute atomic E-state index is 0.0691. The monoisotopic (exact) mass is 389 g/mol. The smallest absolute Gasteiger partial charge is 0.200 e. The molecule has 0 aliphatic carbocycles. The molecule has 0 unspecified atom stereocenters. The molecule has 1 N–H and O–H groups in total. The van der Waals surface area contributed by atoms with Crippen LogP contribution in [0.25, 0.3) is 0 Å². The maximum Gasteiger partial charge on any atom is 0.200 e. The van der Waals surface area contributed by atoms with E-state index in [2.05, 4.69) is 26.2 Å². The van der Waals surface area contributed by atoms with Crippen molar-refractivity contribution in [3.63, 3.8) is 0 Å². The lowest BCUT2D eigenvalue weighted by molar-refractivity contribution is -0.150. The van der Waals surface area contributed by atoms with Gasteiger partial charge in [0.1, 0.15) is 11.9 Å². The van der Waals surface area contributed by atoms with Gasteiger partial charge >= 0.3 is 0 Å². The highest BCUT2D eigenvalue weighted by Gasteiger charge is 2.61. The Morgan fingerprint density at radius 1 is 1.43 bits per heavy atom. The third-order valence-electron chi connectivity index (χ3n) is 4.20. The van der Waals surface area contributed by atoms with E-state index in [-0.39, 0.29) is 18.9 Å². The normalized spacial score (nSPS) is 29.3. The minimum Gasteiger partial charge on any atom is -0.466 e. The van der Waals surface area contributed by atoms with Crippen molar-refractivity contribution in [3.8, 4) is 5.75 Å². The largest absolute Gasteiger partial charge is 0.466 e. The summed E-state index contributed by atoms with van der Waals surface area (Å²) in [5.41, 5.74) is -3.55. The number of hydrogen-bond acceptors (Lipinski definition) is 4. The summed E-state index contributed by atoms with van der Waals surface area (Å²) < 4.78 is 26.5. The predicted octanol–water partition coefficient (Wildman–Crippen LogP) is 3.34. The summed E-state index contributed by atoms with van der Waals surface area (Å²) in [4.78, 5) is 4.18. The van der Waals surface area contributed by atoms with E-state index in [1.165, 1.54) is 13.3 Å². The van der Waals surface area contributed by atoms with Crippen molar-refractivity contribution in [3.05, 3.63) is 22.4 Å². The van der Waals surface area contributed by atoms with Crippen molar-refractivity contribution in [2.75, 3.05) is 13.9 Å². The van der Waals surface area contributed by atoms with Crippen molar-refractivity contribution in [1.82, 2.24) is 10.3 Å². The van der Waals surface area contributed by atoms with Gasteiger partial charge in [0.15, 0.2) is 12.5 Å². The molecule has 1 saturated heterocycles. The second-order valence-electron chi connectivity index (χ2n) is 7.09. The van der Waals surface area contributed by atoms with Crippen molar-refractivity contribution in [1.29, 1.82) is 0 Å². The van der Waals surface area contributed by atoms with Crippen LogP contribution < -0.4 is 10.1 Å². The standard InChI is InChI=1S/C16H23BrFN2O3/c1-14(2)7-12(21)16(18,15(3,4)20-14)13-11(17)6-10(8-19-13)23-9-22-5/h6,8,12,20H,7,9H2,1-5H3/t12-,16-/m0/s1. The molecule has 0 aromatic carbocycles. The molecular weight excluding hydrogens is 367 g/mol. The fourth-order valence-electron chi connectivity index (χ4n) is 3.34. The molecule has 23 heavy (non-hydrogen) atoms. The number of nitrogens with one attached hydrogen (secondary N) is 1. The van der Waals surface area contributed by atoms with Crippen LogP contribution in [-0.2, 0) is 15.5 Å². The van der Waals surface area contributed by atoms with E-state index >= 15 is 4.39 Å². The maximum atomic E-state index is 15.9. The first-order chi connectivity index (χ1) is 10.5. The Bertz CT molecular complexity index is 582. The van der Waals surface area contributed by atoms with Gasteiger partial charge in [0.05, 0.1) is 17.4 Å². The first-order valence-electron chi connectivity index (χ1n) is 7.45. The lowest BCUT2D eigenvalue weighted by atomic mass is 9.68. The number of pyridine rings is 1. The number of ether oxygens (including phenoxy) is 2.